The van der Waals surface area contributed by atoms with E-state index < -0.39 is 0 Å². The Balaban J connectivity index is 2.20. The largest absolute Gasteiger partial charge is 0.380 e. The molecule has 2 rings (SSSR count). The average molecular weight is 260 g/mol. The third-order valence-electron chi connectivity index (χ3n) is 2.76. The van der Waals surface area contributed by atoms with Crippen molar-refractivity contribution in [2.45, 2.75) is 13.2 Å². The molecule has 1 N–H and O–H groups in total. The molecule has 100 valence electrons. The van der Waals surface area contributed by atoms with Crippen molar-refractivity contribution in [3.63, 3.8) is 0 Å². The molecule has 0 unspecified atom stereocenters. The topological polar surface area (TPSA) is 69.0 Å². The third-order valence-corrected chi connectivity index (χ3v) is 2.76. The van der Waals surface area contributed by atoms with Gasteiger partial charge in [0, 0.05) is 33.1 Å². The number of nitrogens with zero attached hydrogens (tertiary/aromatic N) is 3. The van der Waals surface area contributed by atoms with Gasteiger partial charge in [-0.2, -0.15) is 5.10 Å². The van der Waals surface area contributed by atoms with Gasteiger partial charge in [0.25, 0.3) is 5.56 Å². The Morgan fingerprint density at radius 3 is 2.79 bits per heavy atom. The zero-order chi connectivity index (χ0) is 13.7. The molecule has 0 bridgehead atoms. The molecule has 6 heteroatoms. The molecule has 0 amide bonds. The van der Waals surface area contributed by atoms with E-state index in [1.165, 1.54) is 4.68 Å². The first-order chi connectivity index (χ1) is 9.22. The van der Waals surface area contributed by atoms with Crippen LogP contribution in [0.1, 0.15) is 11.1 Å². The molecule has 0 aromatic carbocycles. The van der Waals surface area contributed by atoms with Gasteiger partial charge in [-0.15, -0.1) is 0 Å². The van der Waals surface area contributed by atoms with Crippen molar-refractivity contribution in [2.75, 3.05) is 12.4 Å². The summed E-state index contributed by atoms with van der Waals surface area (Å²) in [6.07, 6.45) is 5.10. The molecule has 0 fully saturated rings. The second kappa shape index (κ2) is 6.10. The number of anilines is 1. The van der Waals surface area contributed by atoms with E-state index in [1.54, 1.807) is 32.7 Å². The fourth-order valence-corrected chi connectivity index (χ4v) is 1.72. The summed E-state index contributed by atoms with van der Waals surface area (Å²) in [6, 6.07) is 3.83. The molecule has 0 spiro atoms. The van der Waals surface area contributed by atoms with Crippen LogP contribution in [0.2, 0.25) is 0 Å². The monoisotopic (exact) mass is 260 g/mol. The van der Waals surface area contributed by atoms with Crippen molar-refractivity contribution >= 4 is 5.69 Å². The van der Waals surface area contributed by atoms with Gasteiger partial charge in [0.05, 0.1) is 24.1 Å². The number of ether oxygens (including phenoxy) is 1. The molecular weight excluding hydrogens is 244 g/mol. The Bertz CT molecular complexity index is 595. The molecule has 2 aromatic rings. The van der Waals surface area contributed by atoms with Crippen LogP contribution in [-0.4, -0.2) is 21.9 Å². The van der Waals surface area contributed by atoms with E-state index in [1.807, 2.05) is 12.1 Å². The predicted octanol–water partition coefficient (Wildman–Crippen LogP) is 0.934. The summed E-state index contributed by atoms with van der Waals surface area (Å²) < 4.78 is 6.36. The van der Waals surface area contributed by atoms with Crippen LogP contribution in [0.3, 0.4) is 0 Å². The Hall–Kier alpha value is -2.21. The zero-order valence-corrected chi connectivity index (χ0v) is 11.0. The van der Waals surface area contributed by atoms with E-state index in [9.17, 15) is 4.79 Å². The highest BCUT2D eigenvalue weighted by molar-refractivity contribution is 5.48. The third kappa shape index (κ3) is 3.17. The van der Waals surface area contributed by atoms with E-state index in [4.69, 9.17) is 4.74 Å². The van der Waals surface area contributed by atoms with Crippen molar-refractivity contribution in [1.29, 1.82) is 0 Å². The van der Waals surface area contributed by atoms with Gasteiger partial charge in [-0.1, -0.05) is 0 Å². The van der Waals surface area contributed by atoms with E-state index in [0.717, 1.165) is 5.56 Å². The number of methoxy groups -OCH3 is 1. The van der Waals surface area contributed by atoms with E-state index in [-0.39, 0.29) is 12.2 Å². The molecule has 0 aliphatic rings. The average Bonchev–Trinajstić information content (AvgIpc) is 2.44. The minimum Gasteiger partial charge on any atom is -0.380 e. The van der Waals surface area contributed by atoms with Crippen LogP contribution in [0, 0.1) is 0 Å². The van der Waals surface area contributed by atoms with Crippen molar-refractivity contribution in [1.82, 2.24) is 14.8 Å². The van der Waals surface area contributed by atoms with Crippen molar-refractivity contribution < 1.29 is 4.74 Å². The molecular formula is C13H16N4O2. The van der Waals surface area contributed by atoms with Gasteiger partial charge in [-0.25, -0.2) is 4.68 Å². The highest BCUT2D eigenvalue weighted by Gasteiger charge is 2.09. The Kier molecular flexibility index (Phi) is 4.25. The quantitative estimate of drug-likeness (QED) is 0.866. The first kappa shape index (κ1) is 13.2. The Labute approximate surface area is 111 Å². The standard InChI is InChI=1S/C13H16N4O2/c1-17-13(18)11(9-19-2)12(8-16-17)15-7-10-3-5-14-6-4-10/h3-6,8,15H,7,9H2,1-2H3. The fraction of sp³-hybridized carbons (Fsp3) is 0.308. The van der Waals surface area contributed by atoms with Crippen molar-refractivity contribution in [3.8, 4) is 0 Å². The molecule has 0 radical (unpaired) electrons. The molecule has 0 saturated heterocycles. The first-order valence-corrected chi connectivity index (χ1v) is 5.89. The van der Waals surface area contributed by atoms with Gasteiger partial charge in [-0.05, 0) is 17.7 Å². The lowest BCUT2D eigenvalue weighted by Crippen LogP contribution is -2.25. The maximum Gasteiger partial charge on any atom is 0.274 e. The van der Waals surface area contributed by atoms with Crippen LogP contribution in [0.25, 0.3) is 0 Å². The molecule has 0 saturated carbocycles. The smallest absolute Gasteiger partial charge is 0.274 e. The van der Waals surface area contributed by atoms with Gasteiger partial charge in [-0.3, -0.25) is 9.78 Å². The molecule has 0 aliphatic heterocycles. The molecule has 6 nitrogen and oxygen atoms in total. The van der Waals surface area contributed by atoms with E-state index >= 15 is 0 Å². The Morgan fingerprint density at radius 2 is 2.11 bits per heavy atom. The van der Waals surface area contributed by atoms with E-state index in [2.05, 4.69) is 15.4 Å². The van der Waals surface area contributed by atoms with E-state index in [0.29, 0.717) is 17.8 Å². The normalized spacial score (nSPS) is 10.4. The van der Waals surface area contributed by atoms with Crippen LogP contribution < -0.4 is 10.9 Å². The summed E-state index contributed by atoms with van der Waals surface area (Å²) in [5.74, 6) is 0. The van der Waals surface area contributed by atoms with Gasteiger partial charge in [0.1, 0.15) is 0 Å². The lowest BCUT2D eigenvalue weighted by Gasteiger charge is -2.11. The highest BCUT2D eigenvalue weighted by atomic mass is 16.5. The zero-order valence-electron chi connectivity index (χ0n) is 11.0. The highest BCUT2D eigenvalue weighted by Crippen LogP contribution is 2.11. The summed E-state index contributed by atoms with van der Waals surface area (Å²) in [5.41, 5.74) is 2.21. The summed E-state index contributed by atoms with van der Waals surface area (Å²) in [6.45, 7) is 0.863. The molecule has 2 aromatic heterocycles. The number of rotatable bonds is 5. The fourth-order valence-electron chi connectivity index (χ4n) is 1.72. The number of aryl methyl sites for hydroxylation is 1. The minimum atomic E-state index is -0.151. The number of hydrogen-bond donors (Lipinski definition) is 1. The van der Waals surface area contributed by atoms with Crippen LogP contribution in [0.5, 0.6) is 0 Å². The summed E-state index contributed by atoms with van der Waals surface area (Å²) >= 11 is 0. The summed E-state index contributed by atoms with van der Waals surface area (Å²) in [4.78, 5) is 15.9. The number of hydrogen-bond acceptors (Lipinski definition) is 5. The first-order valence-electron chi connectivity index (χ1n) is 5.89. The maximum atomic E-state index is 12.0. The molecule has 2 heterocycles. The number of nitrogens with one attached hydrogen (secondary N) is 1. The number of aromatic nitrogens is 3. The van der Waals surface area contributed by atoms with Crippen LogP contribution in [-0.2, 0) is 24.9 Å². The maximum absolute atomic E-state index is 12.0. The number of pyridine rings is 1. The van der Waals surface area contributed by atoms with Crippen molar-refractivity contribution in [2.24, 2.45) is 7.05 Å². The SMILES string of the molecule is COCc1c(NCc2ccncc2)cnn(C)c1=O. The predicted molar refractivity (Wildman–Crippen MR) is 71.8 cm³/mol. The van der Waals surface area contributed by atoms with Crippen LogP contribution >= 0.6 is 0 Å². The molecule has 0 aliphatic carbocycles. The summed E-state index contributed by atoms with van der Waals surface area (Å²) in [5, 5.41) is 7.21. The second-order valence-corrected chi connectivity index (χ2v) is 4.11. The summed E-state index contributed by atoms with van der Waals surface area (Å²) in [7, 11) is 3.18. The van der Waals surface area contributed by atoms with Gasteiger partial charge >= 0.3 is 0 Å². The van der Waals surface area contributed by atoms with Gasteiger partial charge in [0.15, 0.2) is 0 Å². The molecule has 0 atom stereocenters. The van der Waals surface area contributed by atoms with Gasteiger partial charge in [0.2, 0.25) is 0 Å². The lowest BCUT2D eigenvalue weighted by atomic mass is 10.2. The molecule has 19 heavy (non-hydrogen) atoms. The second-order valence-electron chi connectivity index (χ2n) is 4.11. The van der Waals surface area contributed by atoms with Gasteiger partial charge < -0.3 is 10.1 Å². The minimum absolute atomic E-state index is 0.151. The van der Waals surface area contributed by atoms with Crippen LogP contribution in [0.15, 0.2) is 35.5 Å². The Morgan fingerprint density at radius 1 is 1.37 bits per heavy atom. The lowest BCUT2D eigenvalue weighted by molar-refractivity contribution is 0.183. The van der Waals surface area contributed by atoms with Crippen LogP contribution in [0.4, 0.5) is 5.69 Å². The van der Waals surface area contributed by atoms with Crippen molar-refractivity contribution in [3.05, 3.63) is 52.2 Å².